The molecule has 1 aliphatic rings. The van der Waals surface area contributed by atoms with Gasteiger partial charge in [-0.3, -0.25) is 9.58 Å². The molecule has 8 heteroatoms. The molecule has 7 nitrogen and oxygen atoms in total. The van der Waals surface area contributed by atoms with Crippen molar-refractivity contribution in [2.24, 2.45) is 0 Å². The molecule has 0 N–H and O–H groups in total. The predicted octanol–water partition coefficient (Wildman–Crippen LogP) is 2.05. The average molecular weight is 316 g/mol. The highest BCUT2D eigenvalue weighted by Gasteiger charge is 2.26. The van der Waals surface area contributed by atoms with Crippen LogP contribution >= 0.6 is 11.3 Å². The number of hydrogen-bond donors (Lipinski definition) is 0. The Morgan fingerprint density at radius 3 is 3.23 bits per heavy atom. The number of thiophene rings is 1. The summed E-state index contributed by atoms with van der Waals surface area (Å²) in [5.41, 5.74) is 1.01. The van der Waals surface area contributed by atoms with Crippen molar-refractivity contribution in [1.82, 2.24) is 29.8 Å². The third kappa shape index (κ3) is 2.79. The van der Waals surface area contributed by atoms with Crippen LogP contribution in [0, 0.1) is 0 Å². The summed E-state index contributed by atoms with van der Waals surface area (Å²) < 4.78 is 7.28. The fourth-order valence-corrected chi connectivity index (χ4v) is 3.49. The van der Waals surface area contributed by atoms with Crippen LogP contribution in [-0.4, -0.2) is 42.4 Å². The summed E-state index contributed by atoms with van der Waals surface area (Å²) in [6.45, 7) is 2.59. The Morgan fingerprint density at radius 2 is 2.41 bits per heavy atom. The molecule has 0 amide bonds. The van der Waals surface area contributed by atoms with Gasteiger partial charge in [0.1, 0.15) is 12.7 Å². The van der Waals surface area contributed by atoms with E-state index in [1.54, 1.807) is 24.0 Å². The van der Waals surface area contributed by atoms with Gasteiger partial charge in [0.05, 0.1) is 13.1 Å². The number of likely N-dealkylation sites (tertiary alicyclic amines) is 1. The van der Waals surface area contributed by atoms with E-state index in [0.717, 1.165) is 25.1 Å². The lowest BCUT2D eigenvalue weighted by Crippen LogP contribution is -2.32. The smallest absolute Gasteiger partial charge is 0.241 e. The van der Waals surface area contributed by atoms with Gasteiger partial charge in [0, 0.05) is 17.0 Å². The summed E-state index contributed by atoms with van der Waals surface area (Å²) in [6, 6.07) is 2.45. The molecule has 114 valence electrons. The summed E-state index contributed by atoms with van der Waals surface area (Å²) in [5.74, 6) is 1.34. The van der Waals surface area contributed by atoms with Crippen molar-refractivity contribution >= 4 is 11.3 Å². The normalized spacial score (nSPS) is 19.0. The Bertz CT molecular complexity index is 708. The topological polar surface area (TPSA) is 72.9 Å². The minimum absolute atomic E-state index is 0.443. The fraction of sp³-hybridized carbons (Fsp3) is 0.429. The minimum atomic E-state index is 0.443. The van der Waals surface area contributed by atoms with Crippen LogP contribution in [0.1, 0.15) is 18.7 Å². The van der Waals surface area contributed by atoms with Crippen LogP contribution in [0.25, 0.3) is 11.4 Å². The van der Waals surface area contributed by atoms with Gasteiger partial charge in [-0.25, -0.2) is 4.98 Å². The van der Waals surface area contributed by atoms with E-state index in [-0.39, 0.29) is 0 Å². The van der Waals surface area contributed by atoms with Crippen molar-refractivity contribution in [2.45, 2.75) is 32.0 Å². The molecule has 4 rings (SSSR count). The van der Waals surface area contributed by atoms with Crippen LogP contribution in [-0.2, 0) is 13.1 Å². The van der Waals surface area contributed by atoms with Crippen molar-refractivity contribution in [3.8, 4) is 11.4 Å². The maximum absolute atomic E-state index is 5.40. The Labute approximate surface area is 131 Å². The lowest BCUT2D eigenvalue weighted by Gasteiger charge is -2.22. The van der Waals surface area contributed by atoms with Crippen LogP contribution in [0.15, 0.2) is 34.0 Å². The number of aromatic nitrogens is 5. The number of hydrogen-bond acceptors (Lipinski definition) is 7. The van der Waals surface area contributed by atoms with Crippen molar-refractivity contribution in [3.63, 3.8) is 0 Å². The molecule has 0 aromatic carbocycles. The molecule has 1 aliphatic heterocycles. The van der Waals surface area contributed by atoms with Gasteiger partial charge in [0.2, 0.25) is 11.7 Å². The highest BCUT2D eigenvalue weighted by Crippen LogP contribution is 2.23. The lowest BCUT2D eigenvalue weighted by atomic mass is 10.2. The third-order valence-electron chi connectivity index (χ3n) is 3.95. The largest absolute Gasteiger partial charge is 0.338 e. The minimum Gasteiger partial charge on any atom is -0.338 e. The van der Waals surface area contributed by atoms with E-state index in [4.69, 9.17) is 4.52 Å². The first-order chi connectivity index (χ1) is 10.9. The Hall–Kier alpha value is -2.06. The zero-order valence-electron chi connectivity index (χ0n) is 12.0. The first-order valence-electron chi connectivity index (χ1n) is 7.30. The van der Waals surface area contributed by atoms with Gasteiger partial charge in [-0.15, -0.1) is 0 Å². The molecule has 0 aliphatic carbocycles. The van der Waals surface area contributed by atoms with E-state index < -0.39 is 0 Å². The lowest BCUT2D eigenvalue weighted by molar-refractivity contribution is 0.192. The molecule has 3 aromatic rings. The first-order valence-corrected chi connectivity index (χ1v) is 8.24. The van der Waals surface area contributed by atoms with Crippen molar-refractivity contribution in [2.75, 3.05) is 6.54 Å². The van der Waals surface area contributed by atoms with E-state index in [1.165, 1.54) is 6.42 Å². The van der Waals surface area contributed by atoms with E-state index >= 15 is 0 Å². The Kier molecular flexibility index (Phi) is 3.69. The molecule has 0 bridgehead atoms. The molecule has 0 saturated carbocycles. The van der Waals surface area contributed by atoms with Crippen LogP contribution < -0.4 is 0 Å². The second-order valence-corrected chi connectivity index (χ2v) is 6.19. The van der Waals surface area contributed by atoms with Crippen LogP contribution in [0.2, 0.25) is 0 Å². The van der Waals surface area contributed by atoms with Crippen LogP contribution in [0.4, 0.5) is 0 Å². The molecule has 1 saturated heterocycles. The highest BCUT2D eigenvalue weighted by molar-refractivity contribution is 7.08. The standard InChI is InChI=1S/C14H16N6OS/c1-2-12(6-20-10-15-9-16-20)19(4-1)7-13-17-14(18-21-13)11-3-5-22-8-11/h3,5,8-10,12H,1-2,4,6-7H2/t12-/m1/s1. The molecule has 1 atom stereocenters. The van der Waals surface area contributed by atoms with Crippen LogP contribution in [0.5, 0.6) is 0 Å². The van der Waals surface area contributed by atoms with Crippen molar-refractivity contribution in [3.05, 3.63) is 35.4 Å². The van der Waals surface area contributed by atoms with E-state index in [1.807, 2.05) is 21.5 Å². The van der Waals surface area contributed by atoms with Gasteiger partial charge in [-0.2, -0.15) is 21.4 Å². The van der Waals surface area contributed by atoms with E-state index in [2.05, 4.69) is 25.1 Å². The molecule has 4 heterocycles. The summed E-state index contributed by atoms with van der Waals surface area (Å²) in [7, 11) is 0. The second-order valence-electron chi connectivity index (χ2n) is 5.41. The van der Waals surface area contributed by atoms with Gasteiger partial charge in [0.15, 0.2) is 0 Å². The molecule has 0 spiro atoms. The van der Waals surface area contributed by atoms with Gasteiger partial charge >= 0.3 is 0 Å². The Morgan fingerprint density at radius 1 is 1.41 bits per heavy atom. The van der Waals surface area contributed by atoms with Crippen molar-refractivity contribution < 1.29 is 4.52 Å². The fourth-order valence-electron chi connectivity index (χ4n) is 2.85. The molecule has 3 aromatic heterocycles. The first kappa shape index (κ1) is 13.6. The summed E-state index contributed by atoms with van der Waals surface area (Å²) in [4.78, 5) is 10.9. The molecule has 22 heavy (non-hydrogen) atoms. The van der Waals surface area contributed by atoms with E-state index in [0.29, 0.717) is 24.3 Å². The van der Waals surface area contributed by atoms with Gasteiger partial charge < -0.3 is 4.52 Å². The molecule has 0 radical (unpaired) electrons. The number of rotatable bonds is 5. The molecular formula is C14H16N6OS. The zero-order valence-corrected chi connectivity index (χ0v) is 12.8. The summed E-state index contributed by atoms with van der Waals surface area (Å²) in [6.07, 6.45) is 5.68. The van der Waals surface area contributed by atoms with Crippen LogP contribution in [0.3, 0.4) is 0 Å². The maximum Gasteiger partial charge on any atom is 0.241 e. The second kappa shape index (κ2) is 5.98. The quantitative estimate of drug-likeness (QED) is 0.717. The molecule has 0 unspecified atom stereocenters. The van der Waals surface area contributed by atoms with Gasteiger partial charge in [-0.05, 0) is 30.8 Å². The SMILES string of the molecule is c1ncn(C[C@H]2CCCN2Cc2nc(-c3ccsc3)no2)n1. The summed E-state index contributed by atoms with van der Waals surface area (Å²) in [5, 5.41) is 12.3. The predicted molar refractivity (Wildman–Crippen MR) is 81.1 cm³/mol. The third-order valence-corrected chi connectivity index (χ3v) is 4.63. The number of nitrogens with zero attached hydrogens (tertiary/aromatic N) is 6. The van der Waals surface area contributed by atoms with Gasteiger partial charge in [0.25, 0.3) is 0 Å². The van der Waals surface area contributed by atoms with E-state index in [9.17, 15) is 0 Å². The molecule has 1 fully saturated rings. The average Bonchev–Trinajstić information content (AvgIpc) is 3.28. The zero-order chi connectivity index (χ0) is 14.8. The summed E-state index contributed by atoms with van der Waals surface area (Å²) >= 11 is 1.63. The van der Waals surface area contributed by atoms with Gasteiger partial charge in [-0.1, -0.05) is 5.16 Å². The monoisotopic (exact) mass is 316 g/mol. The maximum atomic E-state index is 5.40. The Balaban J connectivity index is 1.44. The molecular weight excluding hydrogens is 300 g/mol. The van der Waals surface area contributed by atoms with Crippen molar-refractivity contribution in [1.29, 1.82) is 0 Å². The highest BCUT2D eigenvalue weighted by atomic mass is 32.1.